The van der Waals surface area contributed by atoms with Crippen LogP contribution in [-0.2, 0) is 0 Å². The Morgan fingerprint density at radius 3 is 2.53 bits per heavy atom. The number of phenols is 1. The van der Waals surface area contributed by atoms with Gasteiger partial charge in [0.1, 0.15) is 5.75 Å². The van der Waals surface area contributed by atoms with Gasteiger partial charge in [-0.05, 0) is 36.5 Å². The Bertz CT molecular complexity index is 449. The van der Waals surface area contributed by atoms with Gasteiger partial charge < -0.3 is 15.5 Å². The van der Waals surface area contributed by atoms with E-state index in [2.05, 4.69) is 5.32 Å². The highest BCUT2D eigenvalue weighted by Crippen LogP contribution is 2.20. The van der Waals surface area contributed by atoms with Crippen molar-refractivity contribution in [2.45, 2.75) is 40.2 Å². The summed E-state index contributed by atoms with van der Waals surface area (Å²) in [5, 5.41) is 22.0. The van der Waals surface area contributed by atoms with E-state index in [9.17, 15) is 15.0 Å². The van der Waals surface area contributed by atoms with Gasteiger partial charge in [0, 0.05) is 12.1 Å². The van der Waals surface area contributed by atoms with E-state index >= 15 is 0 Å². The van der Waals surface area contributed by atoms with Crippen molar-refractivity contribution in [3.63, 3.8) is 0 Å². The number of carbonyl (C=O) groups excluding carboxylic acids is 1. The number of benzene rings is 1. The third-order valence-electron chi connectivity index (χ3n) is 2.82. The van der Waals surface area contributed by atoms with Crippen LogP contribution in [0.25, 0.3) is 0 Å². The van der Waals surface area contributed by atoms with Gasteiger partial charge in [0.05, 0.1) is 6.10 Å². The highest BCUT2D eigenvalue weighted by Gasteiger charge is 2.17. The molecule has 1 atom stereocenters. The number of aliphatic hydroxyl groups is 1. The minimum Gasteiger partial charge on any atom is -0.508 e. The summed E-state index contributed by atoms with van der Waals surface area (Å²) in [5.41, 5.74) is 1.14. The van der Waals surface area contributed by atoms with E-state index in [0.29, 0.717) is 12.0 Å². The molecule has 0 aliphatic carbocycles. The summed E-state index contributed by atoms with van der Waals surface area (Å²) in [5.74, 6) is -0.189. The summed E-state index contributed by atoms with van der Waals surface area (Å²) in [6.07, 6.45) is 0.0508. The van der Waals surface area contributed by atoms with Crippen LogP contribution >= 0.6 is 0 Å². The van der Waals surface area contributed by atoms with Gasteiger partial charge in [0.25, 0.3) is 5.91 Å². The third kappa shape index (κ3) is 5.30. The van der Waals surface area contributed by atoms with E-state index in [-0.39, 0.29) is 23.6 Å². The van der Waals surface area contributed by atoms with Crippen LogP contribution in [0.3, 0.4) is 0 Å². The molecule has 1 aromatic rings. The quantitative estimate of drug-likeness (QED) is 0.782. The van der Waals surface area contributed by atoms with Crippen LogP contribution in [0.2, 0.25) is 0 Å². The zero-order valence-corrected chi connectivity index (χ0v) is 12.0. The Kier molecular flexibility index (Phi) is 4.95. The molecule has 1 aromatic carbocycles. The molecule has 0 aliphatic heterocycles. The summed E-state index contributed by atoms with van der Waals surface area (Å²) in [6.45, 7) is 8.09. The molecule has 0 spiro atoms. The lowest BCUT2D eigenvalue weighted by Gasteiger charge is -2.22. The van der Waals surface area contributed by atoms with Gasteiger partial charge in [-0.1, -0.05) is 26.8 Å². The van der Waals surface area contributed by atoms with Crippen LogP contribution < -0.4 is 5.32 Å². The molecule has 3 N–H and O–H groups in total. The van der Waals surface area contributed by atoms with Crippen LogP contribution in [0.1, 0.15) is 43.1 Å². The van der Waals surface area contributed by atoms with Gasteiger partial charge in [-0.15, -0.1) is 0 Å². The van der Waals surface area contributed by atoms with Crippen molar-refractivity contribution in [1.29, 1.82) is 0 Å². The van der Waals surface area contributed by atoms with Crippen molar-refractivity contribution in [2.24, 2.45) is 5.41 Å². The fourth-order valence-electron chi connectivity index (χ4n) is 1.84. The van der Waals surface area contributed by atoms with E-state index in [1.807, 2.05) is 20.8 Å². The Morgan fingerprint density at radius 2 is 2.00 bits per heavy atom. The first-order valence-corrected chi connectivity index (χ1v) is 6.45. The summed E-state index contributed by atoms with van der Waals surface area (Å²) >= 11 is 0. The van der Waals surface area contributed by atoms with Gasteiger partial charge >= 0.3 is 0 Å². The van der Waals surface area contributed by atoms with Crippen LogP contribution in [0.15, 0.2) is 18.2 Å². The molecule has 19 heavy (non-hydrogen) atoms. The maximum atomic E-state index is 11.8. The lowest BCUT2D eigenvalue weighted by molar-refractivity contribution is 0.0868. The lowest BCUT2D eigenvalue weighted by Crippen LogP contribution is -2.34. The number of aliphatic hydroxyl groups excluding tert-OH is 1. The predicted octanol–water partition coefficient (Wildman–Crippen LogP) is 2.23. The smallest absolute Gasteiger partial charge is 0.251 e. The van der Waals surface area contributed by atoms with Gasteiger partial charge in [-0.2, -0.15) is 0 Å². The maximum absolute atomic E-state index is 11.8. The van der Waals surface area contributed by atoms with Gasteiger partial charge in [0.2, 0.25) is 0 Å². The van der Waals surface area contributed by atoms with Crippen molar-refractivity contribution in [1.82, 2.24) is 5.32 Å². The van der Waals surface area contributed by atoms with Crippen LogP contribution in [0, 0.1) is 12.3 Å². The second-order valence-electron chi connectivity index (χ2n) is 6.13. The molecule has 0 saturated heterocycles. The van der Waals surface area contributed by atoms with Crippen molar-refractivity contribution in [3.8, 4) is 5.75 Å². The molecule has 1 amide bonds. The number of carbonyl (C=O) groups is 1. The van der Waals surface area contributed by atoms with Crippen LogP contribution in [0.5, 0.6) is 5.75 Å². The SMILES string of the molecule is Cc1ccc(C(=O)NCC(O)CC(C)(C)C)cc1O. The van der Waals surface area contributed by atoms with E-state index in [1.54, 1.807) is 19.1 Å². The summed E-state index contributed by atoms with van der Waals surface area (Å²) in [6, 6.07) is 4.77. The second-order valence-corrected chi connectivity index (χ2v) is 6.13. The monoisotopic (exact) mass is 265 g/mol. The third-order valence-corrected chi connectivity index (χ3v) is 2.82. The zero-order chi connectivity index (χ0) is 14.6. The minimum absolute atomic E-state index is 0.0201. The number of hydrogen-bond acceptors (Lipinski definition) is 3. The van der Waals surface area contributed by atoms with E-state index in [0.717, 1.165) is 5.56 Å². The average molecular weight is 265 g/mol. The van der Waals surface area contributed by atoms with Crippen molar-refractivity contribution >= 4 is 5.91 Å². The molecule has 4 heteroatoms. The highest BCUT2D eigenvalue weighted by molar-refractivity contribution is 5.94. The number of rotatable bonds is 4. The number of aromatic hydroxyl groups is 1. The average Bonchev–Trinajstić information content (AvgIpc) is 2.27. The summed E-state index contributed by atoms with van der Waals surface area (Å²) < 4.78 is 0. The topological polar surface area (TPSA) is 69.6 Å². The largest absolute Gasteiger partial charge is 0.508 e. The number of amides is 1. The molecule has 1 rings (SSSR count). The first kappa shape index (κ1) is 15.5. The van der Waals surface area contributed by atoms with Crippen molar-refractivity contribution < 1.29 is 15.0 Å². The molecule has 0 saturated carbocycles. The van der Waals surface area contributed by atoms with E-state index < -0.39 is 6.10 Å². The predicted molar refractivity (Wildman–Crippen MR) is 75.3 cm³/mol. The fraction of sp³-hybridized carbons (Fsp3) is 0.533. The molecule has 106 valence electrons. The first-order chi connectivity index (χ1) is 8.69. The molecular formula is C15H23NO3. The maximum Gasteiger partial charge on any atom is 0.251 e. The molecule has 0 heterocycles. The van der Waals surface area contributed by atoms with Crippen LogP contribution in [0.4, 0.5) is 0 Å². The molecule has 0 bridgehead atoms. The van der Waals surface area contributed by atoms with E-state index in [1.165, 1.54) is 6.07 Å². The van der Waals surface area contributed by atoms with E-state index in [4.69, 9.17) is 0 Å². The summed E-state index contributed by atoms with van der Waals surface area (Å²) in [4.78, 5) is 11.8. The van der Waals surface area contributed by atoms with Crippen LogP contribution in [-0.4, -0.2) is 28.8 Å². The Morgan fingerprint density at radius 1 is 1.37 bits per heavy atom. The summed E-state index contributed by atoms with van der Waals surface area (Å²) in [7, 11) is 0. The Hall–Kier alpha value is -1.55. The van der Waals surface area contributed by atoms with Crippen molar-refractivity contribution in [2.75, 3.05) is 6.54 Å². The molecular weight excluding hydrogens is 242 g/mol. The standard InChI is InChI=1S/C15H23NO3/c1-10-5-6-11(7-13(10)18)14(19)16-9-12(17)8-15(2,3)4/h5-7,12,17-18H,8-9H2,1-4H3,(H,16,19). The normalized spacial score (nSPS) is 13.1. The minimum atomic E-state index is -0.567. The molecule has 0 aromatic heterocycles. The van der Waals surface area contributed by atoms with Gasteiger partial charge in [-0.25, -0.2) is 0 Å². The lowest BCUT2D eigenvalue weighted by atomic mass is 9.89. The molecule has 4 nitrogen and oxygen atoms in total. The number of hydrogen-bond donors (Lipinski definition) is 3. The highest BCUT2D eigenvalue weighted by atomic mass is 16.3. The fourth-order valence-corrected chi connectivity index (χ4v) is 1.84. The first-order valence-electron chi connectivity index (χ1n) is 6.45. The second kappa shape index (κ2) is 6.06. The molecule has 1 unspecified atom stereocenters. The molecule has 0 aliphatic rings. The number of aryl methyl sites for hydroxylation is 1. The van der Waals surface area contributed by atoms with Gasteiger partial charge in [0.15, 0.2) is 0 Å². The number of phenolic OH excluding ortho intramolecular Hbond substituents is 1. The van der Waals surface area contributed by atoms with Crippen molar-refractivity contribution in [3.05, 3.63) is 29.3 Å². The molecule has 0 radical (unpaired) electrons. The Labute approximate surface area is 114 Å². The Balaban J connectivity index is 2.53. The number of nitrogens with one attached hydrogen (secondary N) is 1. The van der Waals surface area contributed by atoms with Gasteiger partial charge in [-0.3, -0.25) is 4.79 Å². The molecule has 0 fully saturated rings. The zero-order valence-electron chi connectivity index (χ0n) is 12.0.